The summed E-state index contributed by atoms with van der Waals surface area (Å²) in [6.07, 6.45) is 3.64. The van der Waals surface area contributed by atoms with E-state index in [0.29, 0.717) is 17.5 Å². The molecule has 1 amide bonds. The number of aromatic nitrogens is 4. The minimum Gasteiger partial charge on any atom is -0.484 e. The summed E-state index contributed by atoms with van der Waals surface area (Å²) in [5, 5.41) is 13.9. The molecule has 1 aromatic heterocycles. The number of hydrogen-bond donors (Lipinski definition) is 1. The first-order valence-electron chi connectivity index (χ1n) is 9.62. The molecule has 144 valence electrons. The van der Waals surface area contributed by atoms with Crippen LogP contribution < -0.4 is 4.74 Å². The molecule has 27 heavy (non-hydrogen) atoms. The molecule has 2 aromatic rings. The van der Waals surface area contributed by atoms with Crippen LogP contribution in [0.25, 0.3) is 11.4 Å². The fraction of sp³-hybridized carbons (Fsp3) is 0.579. The molecule has 8 nitrogen and oxygen atoms in total. The van der Waals surface area contributed by atoms with Gasteiger partial charge in [-0.25, -0.2) is 0 Å². The van der Waals surface area contributed by atoms with Crippen molar-refractivity contribution in [3.05, 3.63) is 24.3 Å². The van der Waals surface area contributed by atoms with Gasteiger partial charge >= 0.3 is 0 Å². The maximum absolute atomic E-state index is 12.5. The predicted molar refractivity (Wildman–Crippen MR) is 100 cm³/mol. The second-order valence-electron chi connectivity index (χ2n) is 7.58. The van der Waals surface area contributed by atoms with Gasteiger partial charge in [0, 0.05) is 18.7 Å². The molecule has 4 rings (SSSR count). The number of H-pyrrole nitrogens is 1. The number of likely N-dealkylation sites (tertiary alicyclic amines) is 2. The van der Waals surface area contributed by atoms with Gasteiger partial charge < -0.3 is 14.5 Å². The third-order valence-corrected chi connectivity index (χ3v) is 5.83. The van der Waals surface area contributed by atoms with E-state index in [2.05, 4.69) is 32.6 Å². The second kappa shape index (κ2) is 8.04. The topological polar surface area (TPSA) is 87.2 Å². The van der Waals surface area contributed by atoms with Crippen molar-refractivity contribution >= 4 is 5.91 Å². The Morgan fingerprint density at radius 1 is 1.15 bits per heavy atom. The Labute approximate surface area is 158 Å². The molecule has 1 unspecified atom stereocenters. The number of carbonyl (C=O) groups excluding carboxylic acids is 1. The highest BCUT2D eigenvalue weighted by Gasteiger charge is 2.33. The van der Waals surface area contributed by atoms with E-state index in [1.807, 2.05) is 29.2 Å². The molecule has 0 bridgehead atoms. The highest BCUT2D eigenvalue weighted by atomic mass is 16.5. The number of nitrogens with zero attached hydrogens (tertiary/aromatic N) is 5. The van der Waals surface area contributed by atoms with Crippen molar-refractivity contribution in [3.63, 3.8) is 0 Å². The first-order valence-corrected chi connectivity index (χ1v) is 9.62. The van der Waals surface area contributed by atoms with Crippen molar-refractivity contribution in [1.82, 2.24) is 30.4 Å². The van der Waals surface area contributed by atoms with E-state index in [1.165, 1.54) is 25.9 Å². The zero-order chi connectivity index (χ0) is 18.6. The minimum absolute atomic E-state index is 0.0765. The zero-order valence-corrected chi connectivity index (χ0v) is 15.7. The quantitative estimate of drug-likeness (QED) is 0.857. The van der Waals surface area contributed by atoms with E-state index in [1.54, 1.807) is 0 Å². The lowest BCUT2D eigenvalue weighted by atomic mass is 9.84. The molecular formula is C19H26N6O2. The number of nitrogens with one attached hydrogen (secondary N) is 1. The highest BCUT2D eigenvalue weighted by molar-refractivity contribution is 5.78. The molecule has 1 N–H and O–H groups in total. The van der Waals surface area contributed by atoms with E-state index in [9.17, 15) is 4.79 Å². The summed E-state index contributed by atoms with van der Waals surface area (Å²) in [5.74, 6) is 2.69. The monoisotopic (exact) mass is 370 g/mol. The number of carbonyl (C=O) groups is 1. The maximum Gasteiger partial charge on any atom is 0.260 e. The number of piperidine rings is 1. The number of rotatable bonds is 5. The van der Waals surface area contributed by atoms with Crippen molar-refractivity contribution in [2.45, 2.75) is 19.3 Å². The summed E-state index contributed by atoms with van der Waals surface area (Å²) < 4.78 is 5.69. The van der Waals surface area contributed by atoms with Crippen LogP contribution in [0.1, 0.15) is 19.3 Å². The average molecular weight is 370 g/mol. The summed E-state index contributed by atoms with van der Waals surface area (Å²) in [7, 11) is 2.19. The molecular weight excluding hydrogens is 344 g/mol. The summed E-state index contributed by atoms with van der Waals surface area (Å²) in [4.78, 5) is 16.9. The number of aromatic amines is 1. The summed E-state index contributed by atoms with van der Waals surface area (Å²) in [6.45, 7) is 4.18. The van der Waals surface area contributed by atoms with Gasteiger partial charge in [0.25, 0.3) is 5.91 Å². The van der Waals surface area contributed by atoms with Gasteiger partial charge in [-0.05, 0) is 80.7 Å². The molecule has 1 aromatic carbocycles. The third-order valence-electron chi connectivity index (χ3n) is 5.83. The molecule has 8 heteroatoms. The summed E-state index contributed by atoms with van der Waals surface area (Å²) in [5.41, 5.74) is 0.850. The van der Waals surface area contributed by atoms with Crippen LogP contribution in [0.15, 0.2) is 24.3 Å². The molecule has 1 atom stereocenters. The van der Waals surface area contributed by atoms with Gasteiger partial charge in [0.1, 0.15) is 5.75 Å². The summed E-state index contributed by atoms with van der Waals surface area (Å²) in [6, 6.07) is 7.36. The van der Waals surface area contributed by atoms with Crippen LogP contribution in [-0.4, -0.2) is 76.2 Å². The average Bonchev–Trinajstić information content (AvgIpc) is 3.39. The Hall–Kier alpha value is -2.48. The van der Waals surface area contributed by atoms with E-state index < -0.39 is 0 Å². The van der Waals surface area contributed by atoms with Crippen molar-refractivity contribution in [2.75, 3.05) is 39.8 Å². The lowest BCUT2D eigenvalue weighted by Crippen LogP contribution is -2.36. The first kappa shape index (κ1) is 17.9. The second-order valence-corrected chi connectivity index (χ2v) is 7.58. The van der Waals surface area contributed by atoms with Gasteiger partial charge in [-0.1, -0.05) is 0 Å². The Morgan fingerprint density at radius 2 is 1.89 bits per heavy atom. The van der Waals surface area contributed by atoms with Gasteiger partial charge in [0.2, 0.25) is 5.82 Å². The van der Waals surface area contributed by atoms with E-state index in [0.717, 1.165) is 31.0 Å². The number of hydrogen-bond acceptors (Lipinski definition) is 6. The predicted octanol–water partition coefficient (Wildman–Crippen LogP) is 1.44. The van der Waals surface area contributed by atoms with E-state index in [-0.39, 0.29) is 12.5 Å². The Balaban J connectivity index is 1.25. The van der Waals surface area contributed by atoms with Crippen LogP contribution in [0.2, 0.25) is 0 Å². The van der Waals surface area contributed by atoms with Crippen molar-refractivity contribution in [1.29, 1.82) is 0 Å². The zero-order valence-electron chi connectivity index (χ0n) is 15.7. The number of tetrazole rings is 1. The molecule has 0 radical (unpaired) electrons. The minimum atomic E-state index is 0.0765. The lowest BCUT2D eigenvalue weighted by molar-refractivity contribution is -0.132. The maximum atomic E-state index is 12.5. The van der Waals surface area contributed by atoms with Crippen LogP contribution in [0.3, 0.4) is 0 Å². The van der Waals surface area contributed by atoms with E-state index >= 15 is 0 Å². The molecule has 0 saturated carbocycles. The lowest BCUT2D eigenvalue weighted by Gasteiger charge is -2.32. The molecule has 2 aliphatic heterocycles. The van der Waals surface area contributed by atoms with Crippen molar-refractivity contribution < 1.29 is 9.53 Å². The fourth-order valence-corrected chi connectivity index (χ4v) is 4.12. The van der Waals surface area contributed by atoms with Crippen molar-refractivity contribution in [3.8, 4) is 17.1 Å². The van der Waals surface area contributed by atoms with Crippen LogP contribution in [0.5, 0.6) is 5.75 Å². The van der Waals surface area contributed by atoms with Crippen LogP contribution in [0.4, 0.5) is 0 Å². The Bertz CT molecular complexity index is 740. The number of amides is 1. The third kappa shape index (κ3) is 4.27. The Morgan fingerprint density at radius 3 is 2.59 bits per heavy atom. The molecule has 2 saturated heterocycles. The van der Waals surface area contributed by atoms with Gasteiger partial charge in [-0.3, -0.25) is 4.79 Å². The normalized spacial score (nSPS) is 21.5. The van der Waals surface area contributed by atoms with Crippen LogP contribution in [0, 0.1) is 11.8 Å². The molecule has 0 aliphatic carbocycles. The smallest absolute Gasteiger partial charge is 0.260 e. The van der Waals surface area contributed by atoms with Crippen LogP contribution in [-0.2, 0) is 4.79 Å². The van der Waals surface area contributed by atoms with E-state index in [4.69, 9.17) is 4.74 Å². The van der Waals surface area contributed by atoms with Gasteiger partial charge in [0.05, 0.1) is 0 Å². The SMILES string of the molecule is CN1CCC(C2CCN(C(=O)COc3ccc(-c4nn[nH]n4)cc3)C2)CC1. The molecule has 2 aliphatic rings. The largest absolute Gasteiger partial charge is 0.484 e. The molecule has 2 fully saturated rings. The summed E-state index contributed by atoms with van der Waals surface area (Å²) >= 11 is 0. The standard InChI is InChI=1S/C19H26N6O2/c1-24-9-6-14(7-10-24)16-8-11-25(12-16)18(26)13-27-17-4-2-15(3-5-17)19-20-22-23-21-19/h2-5,14,16H,6-13H2,1H3,(H,20,21,22,23). The number of ether oxygens (including phenoxy) is 1. The van der Waals surface area contributed by atoms with Gasteiger partial charge in [-0.15, -0.1) is 10.2 Å². The Kier molecular flexibility index (Phi) is 5.33. The van der Waals surface area contributed by atoms with Crippen molar-refractivity contribution in [2.24, 2.45) is 11.8 Å². The molecule has 3 heterocycles. The number of benzene rings is 1. The first-order chi connectivity index (χ1) is 13.2. The van der Waals surface area contributed by atoms with Gasteiger partial charge in [0.15, 0.2) is 6.61 Å². The highest BCUT2D eigenvalue weighted by Crippen LogP contribution is 2.31. The fourth-order valence-electron chi connectivity index (χ4n) is 4.12. The van der Waals surface area contributed by atoms with Crippen LogP contribution >= 0.6 is 0 Å². The molecule has 0 spiro atoms. The van der Waals surface area contributed by atoms with Gasteiger partial charge in [-0.2, -0.15) is 5.21 Å².